The highest BCUT2D eigenvalue weighted by molar-refractivity contribution is 6.62. The second-order valence-corrected chi connectivity index (χ2v) is 9.06. The maximum Gasteiger partial charge on any atom is 0.495 e. The molecule has 0 spiro atoms. The van der Waals surface area contributed by atoms with Gasteiger partial charge in [-0.2, -0.15) is 0 Å². The zero-order valence-corrected chi connectivity index (χ0v) is 19.5. The van der Waals surface area contributed by atoms with Crippen molar-refractivity contribution in [3.8, 4) is 11.5 Å². The molecule has 0 bridgehead atoms. The smallest absolute Gasteiger partial charge is 0.495 e. The van der Waals surface area contributed by atoms with Crippen molar-refractivity contribution in [1.29, 1.82) is 0 Å². The minimum Gasteiger partial charge on any atom is -0.496 e. The number of rotatable bonds is 8. The number of methoxy groups -OCH3 is 2. The van der Waals surface area contributed by atoms with E-state index < -0.39 is 18.3 Å². The maximum absolute atomic E-state index is 6.17. The average molecular weight is 429 g/mol. The molecule has 0 amide bonds. The normalized spacial score (nSPS) is 17.5. The van der Waals surface area contributed by atoms with E-state index in [1.807, 2.05) is 39.8 Å². The Morgan fingerprint density at radius 2 is 1.46 bits per heavy atom. The molecule has 4 nitrogen and oxygen atoms in total. The van der Waals surface area contributed by atoms with Gasteiger partial charge in [-0.25, -0.2) is 0 Å². The van der Waals surface area contributed by atoms with Crippen molar-refractivity contribution in [2.45, 2.75) is 71.5 Å². The van der Waals surface area contributed by atoms with Gasteiger partial charge in [0.05, 0.1) is 25.4 Å². The molecule has 1 aliphatic heterocycles. The largest absolute Gasteiger partial charge is 0.496 e. The molecule has 1 aromatic carbocycles. The van der Waals surface area contributed by atoms with Gasteiger partial charge in [-0.15, -0.1) is 0 Å². The molecule has 0 N–H and O–H groups in total. The van der Waals surface area contributed by atoms with Crippen molar-refractivity contribution in [3.63, 3.8) is 0 Å². The van der Waals surface area contributed by atoms with Crippen LogP contribution in [0.1, 0.15) is 59.4 Å². The van der Waals surface area contributed by atoms with E-state index in [0.29, 0.717) is 10.9 Å². The van der Waals surface area contributed by atoms with Gasteiger partial charge in [-0.1, -0.05) is 36.5 Å². The van der Waals surface area contributed by atoms with Gasteiger partial charge < -0.3 is 18.8 Å². The Kier molecular flexibility index (Phi) is 7.77. The zero-order chi connectivity index (χ0) is 21.1. The molecule has 156 valence electrons. The van der Waals surface area contributed by atoms with E-state index in [9.17, 15) is 0 Å². The highest BCUT2D eigenvalue weighted by Crippen LogP contribution is 2.38. The van der Waals surface area contributed by atoms with Gasteiger partial charge in [0.25, 0.3) is 0 Å². The summed E-state index contributed by atoms with van der Waals surface area (Å²) < 4.78 is 24.0. The first-order valence-corrected chi connectivity index (χ1v) is 10.4. The monoisotopic (exact) mass is 428 g/mol. The third-order valence-corrected chi connectivity index (χ3v) is 6.19. The molecule has 1 aliphatic rings. The predicted molar refractivity (Wildman–Crippen MR) is 117 cm³/mol. The fraction of sp³-hybridized carbons (Fsp3) is 0.619. The molecule has 7 heteroatoms. The van der Waals surface area contributed by atoms with Gasteiger partial charge in [0, 0.05) is 5.56 Å². The van der Waals surface area contributed by atoms with Crippen molar-refractivity contribution in [2.24, 2.45) is 0 Å². The van der Waals surface area contributed by atoms with E-state index in [0.717, 1.165) is 47.4 Å². The summed E-state index contributed by atoms with van der Waals surface area (Å²) in [6.07, 6.45) is 3.33. The van der Waals surface area contributed by atoms with Crippen molar-refractivity contribution >= 4 is 35.8 Å². The van der Waals surface area contributed by atoms with E-state index in [4.69, 9.17) is 42.0 Å². The average Bonchev–Trinajstić information content (AvgIpc) is 2.85. The summed E-state index contributed by atoms with van der Waals surface area (Å²) in [6, 6.07) is 3.93. The van der Waals surface area contributed by atoms with E-state index in [-0.39, 0.29) is 0 Å². The van der Waals surface area contributed by atoms with Crippen LogP contribution in [-0.4, -0.2) is 32.5 Å². The van der Waals surface area contributed by atoms with Crippen LogP contribution in [0.25, 0.3) is 0 Å². The molecular weight excluding hydrogens is 398 g/mol. The molecule has 0 atom stereocenters. The first-order valence-electron chi connectivity index (χ1n) is 9.69. The Balaban J connectivity index is 2.33. The number of hydrogen-bond donors (Lipinski definition) is 0. The lowest BCUT2D eigenvalue weighted by atomic mass is 9.78. The summed E-state index contributed by atoms with van der Waals surface area (Å²) in [4.78, 5) is 0. The van der Waals surface area contributed by atoms with Crippen LogP contribution in [-0.2, 0) is 15.7 Å². The summed E-state index contributed by atoms with van der Waals surface area (Å²) in [5.74, 6) is 1.48. The van der Waals surface area contributed by atoms with Gasteiger partial charge in [0.2, 0.25) is 0 Å². The van der Waals surface area contributed by atoms with Crippen LogP contribution in [0.4, 0.5) is 0 Å². The summed E-state index contributed by atoms with van der Waals surface area (Å²) in [5.41, 5.74) is 2.08. The van der Waals surface area contributed by atoms with Gasteiger partial charge in [0.15, 0.2) is 0 Å². The van der Waals surface area contributed by atoms with Crippen molar-refractivity contribution in [2.75, 3.05) is 14.2 Å². The zero-order valence-electron chi connectivity index (χ0n) is 17.9. The molecule has 2 rings (SSSR count). The van der Waals surface area contributed by atoms with E-state index in [1.165, 1.54) is 0 Å². The molecule has 1 aromatic rings. The van der Waals surface area contributed by atoms with E-state index in [2.05, 4.69) is 6.92 Å². The van der Waals surface area contributed by atoms with Crippen LogP contribution in [0.15, 0.2) is 22.2 Å². The standard InChI is InChI=1S/C21H31BCl2O4/c1-8-9-14(19(23)24)10-11-16-17(25-6)12-15(13-18(16)26-7)22-27-20(2,3)21(4,5)28-22/h12-13H,8-11H2,1-7H3. The highest BCUT2D eigenvalue weighted by atomic mass is 35.5. The van der Waals surface area contributed by atoms with Gasteiger partial charge >= 0.3 is 7.12 Å². The van der Waals surface area contributed by atoms with E-state index >= 15 is 0 Å². The maximum atomic E-state index is 6.17. The third kappa shape index (κ3) is 4.99. The summed E-state index contributed by atoms with van der Waals surface area (Å²) in [6.45, 7) is 10.2. The first-order chi connectivity index (χ1) is 13.1. The Hall–Kier alpha value is -0.875. The Bertz CT molecular complexity index is 686. The fourth-order valence-corrected chi connectivity index (χ4v) is 3.64. The number of halogens is 2. The molecule has 1 fully saturated rings. The minimum atomic E-state index is -0.477. The molecule has 28 heavy (non-hydrogen) atoms. The van der Waals surface area contributed by atoms with Crippen LogP contribution in [0.2, 0.25) is 0 Å². The van der Waals surface area contributed by atoms with Crippen LogP contribution >= 0.6 is 23.2 Å². The second-order valence-electron chi connectivity index (χ2n) is 8.11. The van der Waals surface area contributed by atoms with Crippen molar-refractivity contribution in [1.82, 2.24) is 0 Å². The molecule has 0 unspecified atom stereocenters. The molecule has 0 aromatic heterocycles. The second kappa shape index (κ2) is 9.29. The van der Waals surface area contributed by atoms with Crippen molar-refractivity contribution in [3.05, 3.63) is 27.8 Å². The summed E-state index contributed by atoms with van der Waals surface area (Å²) in [5, 5.41) is 0. The molecule has 0 radical (unpaired) electrons. The topological polar surface area (TPSA) is 36.9 Å². The van der Waals surface area contributed by atoms with Crippen LogP contribution in [0, 0.1) is 0 Å². The predicted octanol–water partition coefficient (Wildman–Crippen LogP) is 5.42. The molecular formula is C21H31BCl2O4. The van der Waals surface area contributed by atoms with E-state index in [1.54, 1.807) is 14.2 Å². The highest BCUT2D eigenvalue weighted by Gasteiger charge is 2.52. The molecule has 1 saturated heterocycles. The Morgan fingerprint density at radius 3 is 1.86 bits per heavy atom. The van der Waals surface area contributed by atoms with Crippen LogP contribution < -0.4 is 14.9 Å². The first kappa shape index (κ1) is 23.4. The Labute approximate surface area is 179 Å². The van der Waals surface area contributed by atoms with Gasteiger partial charge in [0.1, 0.15) is 16.0 Å². The van der Waals surface area contributed by atoms with Gasteiger partial charge in [-0.05, 0) is 70.1 Å². The fourth-order valence-electron chi connectivity index (χ4n) is 3.26. The molecule has 1 heterocycles. The lowest BCUT2D eigenvalue weighted by Crippen LogP contribution is -2.41. The van der Waals surface area contributed by atoms with Crippen molar-refractivity contribution < 1.29 is 18.8 Å². The summed E-state index contributed by atoms with van der Waals surface area (Å²) in [7, 11) is 2.84. The number of benzene rings is 1. The molecule has 0 aliphatic carbocycles. The lowest BCUT2D eigenvalue weighted by Gasteiger charge is -2.32. The molecule has 0 saturated carbocycles. The SMILES string of the molecule is CCCC(CCc1c(OC)cc(B2OC(C)(C)C(C)(C)O2)cc1OC)=C(Cl)Cl. The summed E-state index contributed by atoms with van der Waals surface area (Å²) >= 11 is 12.1. The quantitative estimate of drug-likeness (QED) is 0.517. The lowest BCUT2D eigenvalue weighted by molar-refractivity contribution is 0.00578. The number of allylic oxidation sites excluding steroid dienone is 1. The van der Waals surface area contributed by atoms with Crippen LogP contribution in [0.3, 0.4) is 0 Å². The minimum absolute atomic E-state index is 0.355. The van der Waals surface area contributed by atoms with Gasteiger partial charge in [-0.3, -0.25) is 0 Å². The number of ether oxygens (including phenoxy) is 2. The third-order valence-electron chi connectivity index (χ3n) is 5.65. The van der Waals surface area contributed by atoms with Crippen LogP contribution in [0.5, 0.6) is 11.5 Å². The number of hydrogen-bond acceptors (Lipinski definition) is 4. The Morgan fingerprint density at radius 1 is 0.964 bits per heavy atom.